The van der Waals surface area contributed by atoms with Crippen LogP contribution in [0.15, 0.2) is 36.8 Å². The van der Waals surface area contributed by atoms with Crippen molar-refractivity contribution in [1.82, 2.24) is 15.0 Å². The van der Waals surface area contributed by atoms with E-state index in [1.165, 1.54) is 0 Å². The smallest absolute Gasteiger partial charge is 0.222 e. The van der Waals surface area contributed by atoms with Gasteiger partial charge in [0.2, 0.25) is 5.95 Å². The highest BCUT2D eigenvalue weighted by atomic mass is 16.5. The quantitative estimate of drug-likeness (QED) is 0.776. The van der Waals surface area contributed by atoms with E-state index >= 15 is 0 Å². The number of benzene rings is 1. The average molecular weight is 312 g/mol. The number of pyridine rings is 1. The number of anilines is 1. The number of hydrogen-bond donors (Lipinski definition) is 1. The van der Waals surface area contributed by atoms with E-state index in [4.69, 9.17) is 14.2 Å². The third-order valence-electron chi connectivity index (χ3n) is 3.29. The minimum atomic E-state index is 0.531. The predicted molar refractivity (Wildman–Crippen MR) is 86.5 cm³/mol. The average Bonchev–Trinajstić information content (AvgIpc) is 2.61. The Balaban J connectivity index is 2.02. The Labute approximate surface area is 133 Å². The van der Waals surface area contributed by atoms with E-state index in [1.807, 2.05) is 12.1 Å². The van der Waals surface area contributed by atoms with Gasteiger partial charge < -0.3 is 19.5 Å². The fraction of sp³-hybridized carbons (Fsp3) is 0.188. The summed E-state index contributed by atoms with van der Waals surface area (Å²) in [5, 5.41) is 3.67. The lowest BCUT2D eigenvalue weighted by Gasteiger charge is -2.12. The summed E-state index contributed by atoms with van der Waals surface area (Å²) in [5.41, 5.74) is 0.743. The number of nitrogens with zero attached hydrogens (tertiary/aromatic N) is 3. The molecule has 0 unspecified atom stereocenters. The zero-order chi connectivity index (χ0) is 16.2. The Morgan fingerprint density at radius 2 is 1.61 bits per heavy atom. The van der Waals surface area contributed by atoms with Crippen molar-refractivity contribution in [2.45, 2.75) is 0 Å². The van der Waals surface area contributed by atoms with Crippen molar-refractivity contribution in [2.75, 3.05) is 26.6 Å². The molecule has 0 aliphatic carbocycles. The first-order valence-corrected chi connectivity index (χ1v) is 6.93. The van der Waals surface area contributed by atoms with Gasteiger partial charge >= 0.3 is 0 Å². The molecule has 0 aliphatic rings. The SMILES string of the molecule is CNc1ncc(Oc2ccnc3cc(OC)c(OC)cc23)cn1. The Kier molecular flexibility index (Phi) is 4.09. The molecule has 3 rings (SSSR count). The molecule has 0 fully saturated rings. The van der Waals surface area contributed by atoms with Crippen LogP contribution in [0.1, 0.15) is 0 Å². The van der Waals surface area contributed by atoms with Crippen LogP contribution in [-0.4, -0.2) is 36.2 Å². The number of rotatable bonds is 5. The molecule has 3 aromatic rings. The van der Waals surface area contributed by atoms with Crippen LogP contribution in [0, 0.1) is 0 Å². The third-order valence-corrected chi connectivity index (χ3v) is 3.29. The molecular weight excluding hydrogens is 296 g/mol. The molecule has 23 heavy (non-hydrogen) atoms. The van der Waals surface area contributed by atoms with Crippen LogP contribution in [0.5, 0.6) is 23.0 Å². The molecule has 2 aromatic heterocycles. The molecule has 2 heterocycles. The molecule has 0 bridgehead atoms. The highest BCUT2D eigenvalue weighted by molar-refractivity contribution is 5.88. The maximum Gasteiger partial charge on any atom is 0.222 e. The summed E-state index contributed by atoms with van der Waals surface area (Å²) in [4.78, 5) is 12.6. The molecule has 1 aromatic carbocycles. The summed E-state index contributed by atoms with van der Waals surface area (Å²) in [7, 11) is 4.93. The van der Waals surface area contributed by atoms with Crippen LogP contribution in [0.25, 0.3) is 10.9 Å². The summed E-state index contributed by atoms with van der Waals surface area (Å²) >= 11 is 0. The number of hydrogen-bond acceptors (Lipinski definition) is 7. The molecule has 0 aliphatic heterocycles. The van der Waals surface area contributed by atoms with Crippen molar-refractivity contribution >= 4 is 16.9 Å². The van der Waals surface area contributed by atoms with Crippen LogP contribution in [-0.2, 0) is 0 Å². The van der Waals surface area contributed by atoms with Gasteiger partial charge in [0.15, 0.2) is 17.2 Å². The Hall–Kier alpha value is -3.09. The summed E-state index contributed by atoms with van der Waals surface area (Å²) in [6.07, 6.45) is 4.88. The lowest BCUT2D eigenvalue weighted by molar-refractivity contribution is 0.355. The zero-order valence-electron chi connectivity index (χ0n) is 13.0. The molecule has 0 amide bonds. The number of methoxy groups -OCH3 is 2. The van der Waals surface area contributed by atoms with Gasteiger partial charge in [0.1, 0.15) is 5.75 Å². The largest absolute Gasteiger partial charge is 0.493 e. The highest BCUT2D eigenvalue weighted by Gasteiger charge is 2.11. The monoisotopic (exact) mass is 312 g/mol. The third kappa shape index (κ3) is 2.94. The molecule has 118 valence electrons. The first-order valence-electron chi connectivity index (χ1n) is 6.93. The van der Waals surface area contributed by atoms with E-state index in [0.29, 0.717) is 28.9 Å². The normalized spacial score (nSPS) is 10.4. The van der Waals surface area contributed by atoms with Gasteiger partial charge in [-0.2, -0.15) is 0 Å². The van der Waals surface area contributed by atoms with Gasteiger partial charge in [0.05, 0.1) is 32.1 Å². The van der Waals surface area contributed by atoms with Crippen molar-refractivity contribution in [2.24, 2.45) is 0 Å². The van der Waals surface area contributed by atoms with Crippen LogP contribution in [0.4, 0.5) is 5.95 Å². The molecule has 7 heteroatoms. The minimum absolute atomic E-state index is 0.531. The van der Waals surface area contributed by atoms with E-state index in [2.05, 4.69) is 20.3 Å². The number of fused-ring (bicyclic) bond motifs is 1. The van der Waals surface area contributed by atoms with Crippen LogP contribution in [0.2, 0.25) is 0 Å². The van der Waals surface area contributed by atoms with Gasteiger partial charge in [-0.25, -0.2) is 9.97 Å². The molecule has 1 N–H and O–H groups in total. The van der Waals surface area contributed by atoms with E-state index in [9.17, 15) is 0 Å². The second-order valence-electron chi connectivity index (χ2n) is 4.63. The minimum Gasteiger partial charge on any atom is -0.493 e. The fourth-order valence-electron chi connectivity index (χ4n) is 2.16. The molecule has 7 nitrogen and oxygen atoms in total. The first kappa shape index (κ1) is 14.8. The van der Waals surface area contributed by atoms with Crippen molar-refractivity contribution in [3.8, 4) is 23.0 Å². The second-order valence-corrected chi connectivity index (χ2v) is 4.63. The standard InChI is InChI=1S/C16H16N4O3/c1-17-16-19-8-10(9-20-16)23-13-4-5-18-12-7-15(22-3)14(21-2)6-11(12)13/h4-9H,1-3H3,(H,17,19,20). The van der Waals surface area contributed by atoms with Crippen molar-refractivity contribution in [3.05, 3.63) is 36.8 Å². The molecule has 0 saturated heterocycles. The molecule has 0 saturated carbocycles. The van der Waals surface area contributed by atoms with Gasteiger partial charge in [-0.3, -0.25) is 4.98 Å². The van der Waals surface area contributed by atoms with Gasteiger partial charge in [-0.05, 0) is 12.1 Å². The molecular formula is C16H16N4O3. The maximum absolute atomic E-state index is 5.87. The maximum atomic E-state index is 5.87. The van der Waals surface area contributed by atoms with Gasteiger partial charge in [-0.15, -0.1) is 0 Å². The topological polar surface area (TPSA) is 78.4 Å². The van der Waals surface area contributed by atoms with Gasteiger partial charge in [0, 0.05) is 24.7 Å². The van der Waals surface area contributed by atoms with E-state index in [-0.39, 0.29) is 0 Å². The lowest BCUT2D eigenvalue weighted by Crippen LogP contribution is -1.96. The van der Waals surface area contributed by atoms with Gasteiger partial charge in [-0.1, -0.05) is 0 Å². The lowest BCUT2D eigenvalue weighted by atomic mass is 10.2. The predicted octanol–water partition coefficient (Wildman–Crippen LogP) is 2.88. The van der Waals surface area contributed by atoms with E-state index < -0.39 is 0 Å². The van der Waals surface area contributed by atoms with Crippen molar-refractivity contribution < 1.29 is 14.2 Å². The van der Waals surface area contributed by atoms with Gasteiger partial charge in [0.25, 0.3) is 0 Å². The zero-order valence-corrected chi connectivity index (χ0v) is 13.0. The Morgan fingerprint density at radius 3 is 2.26 bits per heavy atom. The second kappa shape index (κ2) is 6.35. The number of nitrogens with one attached hydrogen (secondary N) is 1. The number of aromatic nitrogens is 3. The van der Waals surface area contributed by atoms with Crippen LogP contribution in [0.3, 0.4) is 0 Å². The van der Waals surface area contributed by atoms with Crippen LogP contribution < -0.4 is 19.5 Å². The van der Waals surface area contributed by atoms with E-state index in [0.717, 1.165) is 10.9 Å². The van der Waals surface area contributed by atoms with E-state index in [1.54, 1.807) is 45.9 Å². The fourth-order valence-corrected chi connectivity index (χ4v) is 2.16. The summed E-state index contributed by atoms with van der Waals surface area (Å²) in [6.45, 7) is 0. The Bertz CT molecular complexity index is 821. The first-order chi connectivity index (χ1) is 11.2. The van der Waals surface area contributed by atoms with Crippen LogP contribution >= 0.6 is 0 Å². The molecule has 0 spiro atoms. The Morgan fingerprint density at radius 1 is 0.913 bits per heavy atom. The molecule has 0 radical (unpaired) electrons. The summed E-state index contributed by atoms with van der Waals surface area (Å²) < 4.78 is 16.5. The summed E-state index contributed by atoms with van der Waals surface area (Å²) in [5.74, 6) is 2.93. The molecule has 0 atom stereocenters. The van der Waals surface area contributed by atoms with Crippen molar-refractivity contribution in [3.63, 3.8) is 0 Å². The van der Waals surface area contributed by atoms with Crippen molar-refractivity contribution in [1.29, 1.82) is 0 Å². The number of ether oxygens (including phenoxy) is 3. The highest BCUT2D eigenvalue weighted by Crippen LogP contribution is 2.36. The summed E-state index contributed by atoms with van der Waals surface area (Å²) in [6, 6.07) is 5.42.